The van der Waals surface area contributed by atoms with Crippen molar-refractivity contribution in [1.82, 2.24) is 19.6 Å². The fourth-order valence-electron chi connectivity index (χ4n) is 2.13. The SMILES string of the molecule is O=C(Cn1cc(Br)cn1)Nc1nn(Cc2ccc(Cl)c(Cl)c2)cc1Br. The Bertz CT molecular complexity index is 925. The van der Waals surface area contributed by atoms with Crippen LogP contribution in [0.2, 0.25) is 10.0 Å². The molecule has 130 valence electrons. The quantitative estimate of drug-likeness (QED) is 0.549. The second kappa shape index (κ2) is 7.90. The van der Waals surface area contributed by atoms with Gasteiger partial charge in [0.2, 0.25) is 5.91 Å². The number of carbonyl (C=O) groups excluding carboxylic acids is 1. The molecule has 25 heavy (non-hydrogen) atoms. The molecule has 0 saturated carbocycles. The van der Waals surface area contributed by atoms with E-state index in [1.165, 1.54) is 4.68 Å². The number of halogens is 4. The second-order valence-corrected chi connectivity index (χ2v) is 7.76. The summed E-state index contributed by atoms with van der Waals surface area (Å²) in [4.78, 5) is 12.1. The van der Waals surface area contributed by atoms with Gasteiger partial charge in [0.15, 0.2) is 5.82 Å². The molecule has 0 fully saturated rings. The van der Waals surface area contributed by atoms with Gasteiger partial charge in [-0.2, -0.15) is 10.2 Å². The molecule has 0 saturated heterocycles. The normalized spacial score (nSPS) is 10.9. The molecular formula is C15H11Br2Cl2N5O. The average molecular weight is 508 g/mol. The summed E-state index contributed by atoms with van der Waals surface area (Å²) in [5.41, 5.74) is 0.948. The molecule has 1 aromatic carbocycles. The second-order valence-electron chi connectivity index (χ2n) is 5.18. The van der Waals surface area contributed by atoms with Gasteiger partial charge in [-0.1, -0.05) is 29.3 Å². The molecule has 0 aliphatic carbocycles. The number of hydrogen-bond acceptors (Lipinski definition) is 3. The molecule has 0 atom stereocenters. The first-order chi connectivity index (χ1) is 11.9. The van der Waals surface area contributed by atoms with Gasteiger partial charge in [-0.05, 0) is 49.6 Å². The molecule has 0 aliphatic heterocycles. The van der Waals surface area contributed by atoms with Crippen LogP contribution in [0, 0.1) is 0 Å². The fourth-order valence-corrected chi connectivity index (χ4v) is 3.19. The molecule has 0 aliphatic rings. The van der Waals surface area contributed by atoms with Crippen LogP contribution < -0.4 is 5.32 Å². The number of benzene rings is 1. The highest BCUT2D eigenvalue weighted by Gasteiger charge is 2.12. The van der Waals surface area contributed by atoms with Gasteiger partial charge in [-0.25, -0.2) is 0 Å². The van der Waals surface area contributed by atoms with E-state index in [2.05, 4.69) is 47.4 Å². The molecule has 1 amide bonds. The zero-order chi connectivity index (χ0) is 18.0. The van der Waals surface area contributed by atoms with Gasteiger partial charge in [-0.3, -0.25) is 14.2 Å². The number of aromatic nitrogens is 4. The third kappa shape index (κ3) is 4.84. The molecule has 0 radical (unpaired) electrons. The zero-order valence-corrected chi connectivity index (χ0v) is 17.3. The maximum atomic E-state index is 12.1. The Morgan fingerprint density at radius 2 is 1.96 bits per heavy atom. The highest BCUT2D eigenvalue weighted by Crippen LogP contribution is 2.24. The molecule has 10 heteroatoms. The summed E-state index contributed by atoms with van der Waals surface area (Å²) in [6.45, 7) is 0.592. The highest BCUT2D eigenvalue weighted by molar-refractivity contribution is 9.10. The summed E-state index contributed by atoms with van der Waals surface area (Å²) >= 11 is 18.6. The monoisotopic (exact) mass is 505 g/mol. The van der Waals surface area contributed by atoms with E-state index in [-0.39, 0.29) is 12.5 Å². The Hall–Kier alpha value is -1.35. The maximum Gasteiger partial charge on any atom is 0.247 e. The lowest BCUT2D eigenvalue weighted by molar-refractivity contribution is -0.116. The lowest BCUT2D eigenvalue weighted by Crippen LogP contribution is -2.19. The van der Waals surface area contributed by atoms with Gasteiger partial charge >= 0.3 is 0 Å². The smallest absolute Gasteiger partial charge is 0.247 e. The van der Waals surface area contributed by atoms with Crippen LogP contribution in [-0.4, -0.2) is 25.5 Å². The summed E-state index contributed by atoms with van der Waals surface area (Å²) < 4.78 is 4.72. The first kappa shape index (κ1) is 18.4. The van der Waals surface area contributed by atoms with E-state index in [0.717, 1.165) is 10.0 Å². The Kier molecular flexibility index (Phi) is 5.83. The van der Waals surface area contributed by atoms with Gasteiger partial charge in [-0.15, -0.1) is 0 Å². The molecule has 3 aromatic rings. The van der Waals surface area contributed by atoms with E-state index in [9.17, 15) is 4.79 Å². The van der Waals surface area contributed by atoms with Crippen molar-refractivity contribution >= 4 is 66.8 Å². The van der Waals surface area contributed by atoms with Crippen molar-refractivity contribution in [3.8, 4) is 0 Å². The first-order valence-electron chi connectivity index (χ1n) is 7.05. The maximum absolute atomic E-state index is 12.1. The Morgan fingerprint density at radius 3 is 2.64 bits per heavy atom. The molecule has 2 heterocycles. The van der Waals surface area contributed by atoms with Crippen LogP contribution in [0.5, 0.6) is 0 Å². The van der Waals surface area contributed by atoms with Crippen molar-refractivity contribution in [3.05, 3.63) is 61.3 Å². The molecule has 0 spiro atoms. The van der Waals surface area contributed by atoms with Crippen LogP contribution in [0.3, 0.4) is 0 Å². The van der Waals surface area contributed by atoms with Crippen LogP contribution >= 0.6 is 55.1 Å². The van der Waals surface area contributed by atoms with E-state index >= 15 is 0 Å². The van der Waals surface area contributed by atoms with Crippen LogP contribution in [0.4, 0.5) is 5.82 Å². The molecule has 6 nitrogen and oxygen atoms in total. The number of hydrogen-bond donors (Lipinski definition) is 1. The molecule has 0 unspecified atom stereocenters. The minimum absolute atomic E-state index is 0.0949. The number of amides is 1. The molecule has 0 bridgehead atoms. The van der Waals surface area contributed by atoms with Crippen LogP contribution in [0.15, 0.2) is 45.7 Å². The minimum Gasteiger partial charge on any atom is -0.307 e. The van der Waals surface area contributed by atoms with Crippen LogP contribution in [0.25, 0.3) is 0 Å². The minimum atomic E-state index is -0.226. The van der Waals surface area contributed by atoms with Gasteiger partial charge in [0.1, 0.15) is 6.54 Å². The zero-order valence-electron chi connectivity index (χ0n) is 12.6. The Morgan fingerprint density at radius 1 is 1.16 bits per heavy atom. The van der Waals surface area contributed by atoms with Crippen molar-refractivity contribution in [2.75, 3.05) is 5.32 Å². The number of anilines is 1. The topological polar surface area (TPSA) is 64.7 Å². The van der Waals surface area contributed by atoms with Gasteiger partial charge in [0, 0.05) is 12.4 Å². The van der Waals surface area contributed by atoms with Gasteiger partial charge < -0.3 is 5.32 Å². The lowest BCUT2D eigenvalue weighted by Gasteiger charge is -2.04. The van der Waals surface area contributed by atoms with Gasteiger partial charge in [0.05, 0.1) is 31.7 Å². The predicted molar refractivity (Wildman–Crippen MR) is 104 cm³/mol. The van der Waals surface area contributed by atoms with Crippen molar-refractivity contribution in [3.63, 3.8) is 0 Å². The van der Waals surface area contributed by atoms with E-state index < -0.39 is 0 Å². The summed E-state index contributed by atoms with van der Waals surface area (Å²) in [6, 6.07) is 5.40. The molecule has 1 N–H and O–H groups in total. The Labute approximate surface area is 170 Å². The highest BCUT2D eigenvalue weighted by atomic mass is 79.9. The lowest BCUT2D eigenvalue weighted by atomic mass is 10.2. The van der Waals surface area contributed by atoms with Crippen molar-refractivity contribution in [2.24, 2.45) is 0 Å². The van der Waals surface area contributed by atoms with E-state index in [1.807, 2.05) is 6.07 Å². The number of carbonyl (C=O) groups is 1. The summed E-state index contributed by atoms with van der Waals surface area (Å²) in [6.07, 6.45) is 5.12. The predicted octanol–water partition coefficient (Wildman–Crippen LogP) is 4.60. The fraction of sp³-hybridized carbons (Fsp3) is 0.133. The van der Waals surface area contributed by atoms with E-state index in [0.29, 0.717) is 26.9 Å². The van der Waals surface area contributed by atoms with Crippen molar-refractivity contribution in [1.29, 1.82) is 0 Å². The van der Waals surface area contributed by atoms with E-state index in [4.69, 9.17) is 23.2 Å². The number of rotatable bonds is 5. The first-order valence-corrected chi connectivity index (χ1v) is 9.39. The van der Waals surface area contributed by atoms with Crippen LogP contribution in [0.1, 0.15) is 5.56 Å². The molecule has 2 aromatic heterocycles. The van der Waals surface area contributed by atoms with E-state index in [1.54, 1.807) is 35.4 Å². The summed E-state index contributed by atoms with van der Waals surface area (Å²) in [5.74, 6) is 0.215. The summed E-state index contributed by atoms with van der Waals surface area (Å²) in [7, 11) is 0. The third-order valence-electron chi connectivity index (χ3n) is 3.21. The number of nitrogens with one attached hydrogen (secondary N) is 1. The largest absolute Gasteiger partial charge is 0.307 e. The standard InChI is InChI=1S/C15H11Br2Cl2N5O/c16-10-4-20-23(6-10)8-14(25)21-15-11(17)7-24(22-15)5-9-1-2-12(18)13(19)3-9/h1-4,6-7H,5,8H2,(H,21,22,25). The van der Waals surface area contributed by atoms with Crippen molar-refractivity contribution in [2.45, 2.75) is 13.1 Å². The van der Waals surface area contributed by atoms with Crippen LogP contribution in [-0.2, 0) is 17.9 Å². The Balaban J connectivity index is 1.67. The van der Waals surface area contributed by atoms with Crippen molar-refractivity contribution < 1.29 is 4.79 Å². The number of nitrogens with zero attached hydrogens (tertiary/aromatic N) is 4. The summed E-state index contributed by atoms with van der Waals surface area (Å²) in [5, 5.41) is 12.2. The molecule has 3 rings (SSSR count). The average Bonchev–Trinajstić information content (AvgIpc) is 3.09. The third-order valence-corrected chi connectivity index (χ3v) is 4.94. The molecular weight excluding hydrogens is 497 g/mol. The van der Waals surface area contributed by atoms with Gasteiger partial charge in [0.25, 0.3) is 0 Å².